The number of halogens is 1. The molecule has 1 aliphatic rings. The van der Waals surface area contributed by atoms with Crippen molar-refractivity contribution in [3.63, 3.8) is 0 Å². The molecule has 0 atom stereocenters. The summed E-state index contributed by atoms with van der Waals surface area (Å²) in [5.74, 6) is 6.37. The van der Waals surface area contributed by atoms with Gasteiger partial charge in [0.05, 0.1) is 17.1 Å². The molecule has 2 aromatic rings. The molecule has 0 bridgehead atoms. The summed E-state index contributed by atoms with van der Waals surface area (Å²) in [6.45, 7) is 2.23. The van der Waals surface area contributed by atoms with Crippen LogP contribution in [-0.2, 0) is 0 Å². The first-order valence-electron chi connectivity index (χ1n) is 7.40. The Labute approximate surface area is 134 Å². The van der Waals surface area contributed by atoms with Crippen LogP contribution in [0, 0.1) is 0 Å². The Morgan fingerprint density at radius 1 is 0.905 bits per heavy atom. The third kappa shape index (κ3) is 3.22. The standard InChI is InChI=1S/C17H20BrN3/c18-14-8-10-15(11-9-14)21(19)17-7-3-2-6-16(17)20-12-4-1-5-13-20/h2-3,6-11H,1,4-5,12-13,19H2. The van der Waals surface area contributed by atoms with Crippen molar-refractivity contribution in [1.29, 1.82) is 0 Å². The molecule has 1 saturated heterocycles. The van der Waals surface area contributed by atoms with Crippen LogP contribution in [0.25, 0.3) is 0 Å². The van der Waals surface area contributed by atoms with Crippen molar-refractivity contribution in [3.8, 4) is 0 Å². The number of piperidine rings is 1. The fourth-order valence-electron chi connectivity index (χ4n) is 2.81. The summed E-state index contributed by atoms with van der Waals surface area (Å²) in [6.07, 6.45) is 3.85. The first-order chi connectivity index (χ1) is 10.3. The number of anilines is 3. The second-order valence-corrected chi connectivity index (χ2v) is 6.30. The highest BCUT2D eigenvalue weighted by atomic mass is 79.9. The van der Waals surface area contributed by atoms with Crippen molar-refractivity contribution < 1.29 is 0 Å². The third-order valence-electron chi connectivity index (χ3n) is 3.94. The van der Waals surface area contributed by atoms with Gasteiger partial charge in [0.25, 0.3) is 0 Å². The van der Waals surface area contributed by atoms with E-state index in [4.69, 9.17) is 5.84 Å². The number of hydrogen-bond donors (Lipinski definition) is 1. The minimum Gasteiger partial charge on any atom is -0.370 e. The van der Waals surface area contributed by atoms with Crippen LogP contribution in [0.2, 0.25) is 0 Å². The Balaban J connectivity index is 1.92. The zero-order valence-electron chi connectivity index (χ0n) is 12.0. The van der Waals surface area contributed by atoms with Gasteiger partial charge in [-0.15, -0.1) is 0 Å². The van der Waals surface area contributed by atoms with Crippen LogP contribution in [-0.4, -0.2) is 13.1 Å². The topological polar surface area (TPSA) is 32.5 Å². The maximum absolute atomic E-state index is 6.37. The molecule has 2 aromatic carbocycles. The first kappa shape index (κ1) is 14.4. The molecule has 1 fully saturated rings. The molecule has 0 amide bonds. The van der Waals surface area contributed by atoms with Crippen LogP contribution in [0.15, 0.2) is 53.0 Å². The van der Waals surface area contributed by atoms with Crippen molar-refractivity contribution in [2.45, 2.75) is 19.3 Å². The quantitative estimate of drug-likeness (QED) is 0.658. The van der Waals surface area contributed by atoms with Crippen LogP contribution < -0.4 is 15.8 Å². The van der Waals surface area contributed by atoms with Gasteiger partial charge in [0.1, 0.15) is 0 Å². The summed E-state index contributed by atoms with van der Waals surface area (Å²) in [4.78, 5) is 2.44. The Hall–Kier alpha value is -1.52. The van der Waals surface area contributed by atoms with E-state index >= 15 is 0 Å². The number of rotatable bonds is 3. The van der Waals surface area contributed by atoms with E-state index in [1.54, 1.807) is 5.01 Å². The highest BCUT2D eigenvalue weighted by molar-refractivity contribution is 9.10. The fourth-order valence-corrected chi connectivity index (χ4v) is 3.08. The molecule has 3 rings (SSSR count). The van der Waals surface area contributed by atoms with Gasteiger partial charge in [0.15, 0.2) is 0 Å². The lowest BCUT2D eigenvalue weighted by Crippen LogP contribution is -2.33. The van der Waals surface area contributed by atoms with Crippen LogP contribution in [0.4, 0.5) is 17.1 Å². The summed E-state index contributed by atoms with van der Waals surface area (Å²) >= 11 is 3.46. The maximum Gasteiger partial charge on any atom is 0.0808 e. The smallest absolute Gasteiger partial charge is 0.0808 e. The van der Waals surface area contributed by atoms with Gasteiger partial charge in [-0.3, -0.25) is 5.01 Å². The highest BCUT2D eigenvalue weighted by Gasteiger charge is 2.17. The third-order valence-corrected chi connectivity index (χ3v) is 4.47. The number of hydrazine groups is 1. The van der Waals surface area contributed by atoms with Crippen LogP contribution in [0.5, 0.6) is 0 Å². The summed E-state index contributed by atoms with van der Waals surface area (Å²) in [6, 6.07) is 16.5. The number of hydrogen-bond acceptors (Lipinski definition) is 3. The van der Waals surface area contributed by atoms with Crippen LogP contribution >= 0.6 is 15.9 Å². The molecule has 0 radical (unpaired) electrons. The Morgan fingerprint density at radius 2 is 1.57 bits per heavy atom. The Morgan fingerprint density at radius 3 is 2.29 bits per heavy atom. The molecule has 1 heterocycles. The van der Waals surface area contributed by atoms with Gasteiger partial charge in [0, 0.05) is 17.6 Å². The monoisotopic (exact) mass is 345 g/mol. The van der Waals surface area contributed by atoms with Crippen molar-refractivity contribution in [2.75, 3.05) is 23.0 Å². The number of benzene rings is 2. The van der Waals surface area contributed by atoms with Crippen molar-refractivity contribution in [1.82, 2.24) is 0 Å². The number of para-hydroxylation sites is 2. The zero-order chi connectivity index (χ0) is 14.7. The van der Waals surface area contributed by atoms with E-state index in [2.05, 4.69) is 39.0 Å². The zero-order valence-corrected chi connectivity index (χ0v) is 13.6. The molecular weight excluding hydrogens is 326 g/mol. The molecule has 1 aliphatic heterocycles. The van der Waals surface area contributed by atoms with E-state index in [1.807, 2.05) is 30.3 Å². The number of nitrogens with two attached hydrogens (primary N) is 1. The van der Waals surface area contributed by atoms with E-state index in [9.17, 15) is 0 Å². The predicted molar refractivity (Wildman–Crippen MR) is 93.0 cm³/mol. The average Bonchev–Trinajstić information content (AvgIpc) is 2.56. The van der Waals surface area contributed by atoms with Gasteiger partial charge >= 0.3 is 0 Å². The molecule has 0 unspecified atom stereocenters. The second-order valence-electron chi connectivity index (χ2n) is 5.38. The normalized spacial score (nSPS) is 15.0. The summed E-state index contributed by atoms with van der Waals surface area (Å²) in [7, 11) is 0. The van der Waals surface area contributed by atoms with Crippen LogP contribution in [0.3, 0.4) is 0 Å². The molecule has 0 aromatic heterocycles. The maximum atomic E-state index is 6.37. The van der Waals surface area contributed by atoms with Crippen LogP contribution in [0.1, 0.15) is 19.3 Å². The minimum atomic E-state index is 0.989. The molecule has 3 nitrogen and oxygen atoms in total. The van der Waals surface area contributed by atoms with Gasteiger partial charge in [0.2, 0.25) is 0 Å². The molecule has 21 heavy (non-hydrogen) atoms. The summed E-state index contributed by atoms with van der Waals surface area (Å²) in [5.41, 5.74) is 3.27. The van der Waals surface area contributed by atoms with E-state index in [1.165, 1.54) is 24.9 Å². The molecule has 110 valence electrons. The van der Waals surface area contributed by atoms with Gasteiger partial charge < -0.3 is 4.90 Å². The molecule has 4 heteroatoms. The number of nitrogens with zero attached hydrogens (tertiary/aromatic N) is 2. The Kier molecular flexibility index (Phi) is 4.46. The fraction of sp³-hybridized carbons (Fsp3) is 0.294. The van der Waals surface area contributed by atoms with Crippen molar-refractivity contribution >= 4 is 33.0 Å². The highest BCUT2D eigenvalue weighted by Crippen LogP contribution is 2.33. The largest absolute Gasteiger partial charge is 0.370 e. The SMILES string of the molecule is NN(c1ccc(Br)cc1)c1ccccc1N1CCCCC1. The average molecular weight is 346 g/mol. The summed E-state index contributed by atoms with van der Waals surface area (Å²) in [5, 5.41) is 1.77. The second kappa shape index (κ2) is 6.50. The minimum absolute atomic E-state index is 0.989. The Bertz CT molecular complexity index is 591. The predicted octanol–water partition coefficient (Wildman–Crippen LogP) is 4.45. The van der Waals surface area contributed by atoms with E-state index in [-0.39, 0.29) is 0 Å². The van der Waals surface area contributed by atoms with Gasteiger partial charge in [-0.25, -0.2) is 5.84 Å². The molecule has 0 aliphatic carbocycles. The molecule has 0 saturated carbocycles. The van der Waals surface area contributed by atoms with Gasteiger partial charge in [-0.05, 0) is 55.7 Å². The van der Waals surface area contributed by atoms with Gasteiger partial charge in [-0.1, -0.05) is 28.1 Å². The van der Waals surface area contributed by atoms with E-state index in [0.717, 1.165) is 28.9 Å². The van der Waals surface area contributed by atoms with Crippen molar-refractivity contribution in [3.05, 3.63) is 53.0 Å². The van der Waals surface area contributed by atoms with Gasteiger partial charge in [-0.2, -0.15) is 0 Å². The molecular formula is C17H20BrN3. The first-order valence-corrected chi connectivity index (χ1v) is 8.19. The van der Waals surface area contributed by atoms with E-state index in [0.29, 0.717) is 0 Å². The lowest BCUT2D eigenvalue weighted by molar-refractivity contribution is 0.578. The lowest BCUT2D eigenvalue weighted by Gasteiger charge is -2.32. The molecule has 0 spiro atoms. The van der Waals surface area contributed by atoms with E-state index < -0.39 is 0 Å². The van der Waals surface area contributed by atoms with Crippen molar-refractivity contribution in [2.24, 2.45) is 5.84 Å². The summed E-state index contributed by atoms with van der Waals surface area (Å²) < 4.78 is 1.06. The lowest BCUT2D eigenvalue weighted by atomic mass is 10.1. The molecule has 2 N–H and O–H groups in total.